The van der Waals surface area contributed by atoms with Gasteiger partial charge in [0.25, 0.3) is 5.91 Å². The van der Waals surface area contributed by atoms with E-state index in [2.05, 4.69) is 10.6 Å². The molecule has 2 amide bonds. The molecule has 0 fully saturated rings. The molecule has 1 heterocycles. The fourth-order valence-corrected chi connectivity index (χ4v) is 3.39. The normalized spacial score (nSPS) is 10.2. The minimum atomic E-state index is -0.444. The van der Waals surface area contributed by atoms with Crippen LogP contribution in [0.2, 0.25) is 0 Å². The first-order valence-corrected chi connectivity index (χ1v) is 9.85. The lowest BCUT2D eigenvalue weighted by Crippen LogP contribution is -2.23. The molecule has 29 heavy (non-hydrogen) atoms. The smallest absolute Gasteiger partial charge is 0.308 e. The molecule has 0 aliphatic rings. The molecule has 2 N–H and O–H groups in total. The number of thiophene rings is 1. The highest BCUT2D eigenvalue weighted by atomic mass is 32.1. The van der Waals surface area contributed by atoms with Gasteiger partial charge in [-0.2, -0.15) is 0 Å². The minimum absolute atomic E-state index is 0.0871. The fraction of sp³-hybridized carbons (Fsp3) is 0.136. The van der Waals surface area contributed by atoms with Crippen LogP contribution >= 0.6 is 11.3 Å². The fourth-order valence-electron chi connectivity index (χ4n) is 2.69. The van der Waals surface area contributed by atoms with E-state index < -0.39 is 5.97 Å². The highest BCUT2D eigenvalue weighted by Gasteiger charge is 2.09. The van der Waals surface area contributed by atoms with Gasteiger partial charge in [-0.25, -0.2) is 0 Å². The van der Waals surface area contributed by atoms with Crippen LogP contribution in [-0.4, -0.2) is 17.8 Å². The SMILES string of the molecule is CC(=O)Oc1cccc(C(=O)NCc2cccc(NC(=O)Cc3cccs3)c2)c1. The zero-order valence-electron chi connectivity index (χ0n) is 15.8. The summed E-state index contributed by atoms with van der Waals surface area (Å²) in [5, 5.41) is 7.63. The molecule has 0 aliphatic heterocycles. The van der Waals surface area contributed by atoms with Gasteiger partial charge in [0.1, 0.15) is 5.75 Å². The third-order valence-corrected chi connectivity index (χ3v) is 4.81. The van der Waals surface area contributed by atoms with Crippen LogP contribution in [0.3, 0.4) is 0 Å². The molecule has 3 aromatic rings. The van der Waals surface area contributed by atoms with Crippen molar-refractivity contribution in [2.45, 2.75) is 19.9 Å². The van der Waals surface area contributed by atoms with E-state index in [4.69, 9.17) is 4.74 Å². The van der Waals surface area contributed by atoms with Gasteiger partial charge in [0.05, 0.1) is 6.42 Å². The largest absolute Gasteiger partial charge is 0.427 e. The number of amides is 2. The van der Waals surface area contributed by atoms with Gasteiger partial charge in [-0.3, -0.25) is 14.4 Å². The Morgan fingerprint density at radius 2 is 1.83 bits per heavy atom. The lowest BCUT2D eigenvalue weighted by Gasteiger charge is -2.09. The van der Waals surface area contributed by atoms with E-state index in [-0.39, 0.29) is 11.8 Å². The van der Waals surface area contributed by atoms with Crippen molar-refractivity contribution < 1.29 is 19.1 Å². The van der Waals surface area contributed by atoms with Gasteiger partial charge in [0.2, 0.25) is 5.91 Å². The average Bonchev–Trinajstić information content (AvgIpc) is 3.19. The van der Waals surface area contributed by atoms with Gasteiger partial charge < -0.3 is 15.4 Å². The molecule has 6 nitrogen and oxygen atoms in total. The van der Waals surface area contributed by atoms with Crippen LogP contribution in [0.5, 0.6) is 5.75 Å². The molecule has 3 rings (SSSR count). The molecule has 0 aliphatic carbocycles. The van der Waals surface area contributed by atoms with E-state index >= 15 is 0 Å². The maximum atomic E-state index is 12.4. The lowest BCUT2D eigenvalue weighted by molar-refractivity contribution is -0.131. The van der Waals surface area contributed by atoms with E-state index in [0.29, 0.717) is 30.0 Å². The van der Waals surface area contributed by atoms with Crippen LogP contribution in [0.1, 0.15) is 27.7 Å². The molecule has 1 aromatic heterocycles. The van der Waals surface area contributed by atoms with E-state index in [0.717, 1.165) is 10.4 Å². The number of carbonyl (C=O) groups is 3. The Hall–Kier alpha value is -3.45. The number of benzene rings is 2. The second-order valence-corrected chi connectivity index (χ2v) is 7.34. The molecule has 0 unspecified atom stereocenters. The van der Waals surface area contributed by atoms with Crippen molar-refractivity contribution in [1.29, 1.82) is 0 Å². The molecule has 2 aromatic carbocycles. The van der Waals surface area contributed by atoms with Crippen molar-refractivity contribution in [1.82, 2.24) is 5.32 Å². The molecule has 148 valence electrons. The van der Waals surface area contributed by atoms with Crippen LogP contribution in [0.4, 0.5) is 5.69 Å². The van der Waals surface area contributed by atoms with Gasteiger partial charge in [0.15, 0.2) is 0 Å². The van der Waals surface area contributed by atoms with Crippen molar-refractivity contribution in [2.24, 2.45) is 0 Å². The first-order chi connectivity index (χ1) is 14.0. The zero-order valence-corrected chi connectivity index (χ0v) is 16.6. The van der Waals surface area contributed by atoms with Crippen LogP contribution in [-0.2, 0) is 22.6 Å². The van der Waals surface area contributed by atoms with E-state index in [1.54, 1.807) is 35.6 Å². The molecule has 7 heteroatoms. The number of carbonyl (C=O) groups excluding carboxylic acids is 3. The Bertz CT molecular complexity index is 1020. The summed E-state index contributed by atoms with van der Waals surface area (Å²) in [4.78, 5) is 36.6. The van der Waals surface area contributed by atoms with Gasteiger partial charge in [-0.05, 0) is 47.3 Å². The summed E-state index contributed by atoms with van der Waals surface area (Å²) < 4.78 is 5.00. The predicted molar refractivity (Wildman–Crippen MR) is 112 cm³/mol. The Labute approximate surface area is 172 Å². The number of nitrogens with one attached hydrogen (secondary N) is 2. The van der Waals surface area contributed by atoms with Gasteiger partial charge >= 0.3 is 5.97 Å². The molecule has 0 bridgehead atoms. The third kappa shape index (κ3) is 6.29. The average molecular weight is 408 g/mol. The number of hydrogen-bond donors (Lipinski definition) is 2. The summed E-state index contributed by atoms with van der Waals surface area (Å²) >= 11 is 1.54. The third-order valence-electron chi connectivity index (χ3n) is 3.94. The molecule has 0 spiro atoms. The maximum Gasteiger partial charge on any atom is 0.308 e. The van der Waals surface area contributed by atoms with Crippen molar-refractivity contribution in [3.05, 3.63) is 82.0 Å². The van der Waals surface area contributed by atoms with Crippen molar-refractivity contribution >= 4 is 34.8 Å². The van der Waals surface area contributed by atoms with Crippen molar-refractivity contribution in [3.63, 3.8) is 0 Å². The highest BCUT2D eigenvalue weighted by molar-refractivity contribution is 7.10. The van der Waals surface area contributed by atoms with Crippen molar-refractivity contribution in [3.8, 4) is 5.75 Å². The maximum absolute atomic E-state index is 12.4. The standard InChI is InChI=1S/C22H20N2O4S/c1-15(25)28-19-8-3-6-17(12-19)22(27)23-14-16-5-2-7-18(11-16)24-21(26)13-20-9-4-10-29-20/h2-12H,13-14H2,1H3,(H,23,27)(H,24,26). The molecule has 0 atom stereocenters. The lowest BCUT2D eigenvalue weighted by atomic mass is 10.1. The monoisotopic (exact) mass is 408 g/mol. The minimum Gasteiger partial charge on any atom is -0.427 e. The Morgan fingerprint density at radius 3 is 2.59 bits per heavy atom. The van der Waals surface area contributed by atoms with E-state index in [9.17, 15) is 14.4 Å². The highest BCUT2D eigenvalue weighted by Crippen LogP contribution is 2.15. The summed E-state index contributed by atoms with van der Waals surface area (Å²) in [6.07, 6.45) is 0.331. The molecular weight excluding hydrogens is 388 g/mol. The summed E-state index contributed by atoms with van der Waals surface area (Å²) in [5.41, 5.74) is 1.92. The van der Waals surface area contributed by atoms with Gasteiger partial charge in [-0.1, -0.05) is 24.3 Å². The van der Waals surface area contributed by atoms with Crippen molar-refractivity contribution in [2.75, 3.05) is 5.32 Å². The Kier molecular flexibility index (Phi) is 6.76. The van der Waals surface area contributed by atoms with Crippen LogP contribution in [0.15, 0.2) is 66.0 Å². The van der Waals surface area contributed by atoms with E-state index in [1.807, 2.05) is 35.7 Å². The second-order valence-electron chi connectivity index (χ2n) is 6.31. The van der Waals surface area contributed by atoms with Crippen LogP contribution in [0, 0.1) is 0 Å². The number of rotatable bonds is 7. The first-order valence-electron chi connectivity index (χ1n) is 8.97. The summed E-state index contributed by atoms with van der Waals surface area (Å²) in [6.45, 7) is 1.60. The van der Waals surface area contributed by atoms with Gasteiger partial charge in [0, 0.05) is 29.6 Å². The molecular formula is C22H20N2O4S. The molecule has 0 saturated heterocycles. The van der Waals surface area contributed by atoms with E-state index in [1.165, 1.54) is 13.0 Å². The number of ether oxygens (including phenoxy) is 1. The quantitative estimate of drug-likeness (QED) is 0.460. The molecule has 0 saturated carbocycles. The topological polar surface area (TPSA) is 84.5 Å². The second kappa shape index (κ2) is 9.66. The number of esters is 1. The Morgan fingerprint density at radius 1 is 1.00 bits per heavy atom. The van der Waals surface area contributed by atoms with Crippen LogP contribution < -0.4 is 15.4 Å². The summed E-state index contributed by atoms with van der Waals surface area (Å²) in [7, 11) is 0. The summed E-state index contributed by atoms with van der Waals surface area (Å²) in [5.74, 6) is -0.497. The number of hydrogen-bond acceptors (Lipinski definition) is 5. The van der Waals surface area contributed by atoms with Gasteiger partial charge in [-0.15, -0.1) is 11.3 Å². The predicted octanol–water partition coefficient (Wildman–Crippen LogP) is 3.78. The Balaban J connectivity index is 1.57. The summed E-state index contributed by atoms with van der Waals surface area (Å²) in [6, 6.07) is 17.6. The molecule has 0 radical (unpaired) electrons. The van der Waals surface area contributed by atoms with Crippen LogP contribution in [0.25, 0.3) is 0 Å². The first kappa shape index (κ1) is 20.3. The number of anilines is 1. The zero-order chi connectivity index (χ0) is 20.6.